The molecule has 5 radical (unpaired) electrons. The predicted octanol–water partition coefficient (Wildman–Crippen LogP) is 4.09. The van der Waals surface area contributed by atoms with Crippen molar-refractivity contribution in [3.8, 4) is 0 Å². The highest BCUT2D eigenvalue weighted by Crippen LogP contribution is 2.28. The maximum absolute atomic E-state index is 5.70. The molecule has 1 rings (SSSR count). The molecule has 1 aliphatic rings. The van der Waals surface area contributed by atoms with E-state index in [1.54, 1.807) is 0 Å². The van der Waals surface area contributed by atoms with E-state index in [2.05, 4.69) is 19.9 Å². The fourth-order valence-electron chi connectivity index (χ4n) is 1.83. The van der Waals surface area contributed by atoms with E-state index in [1.165, 1.54) is 31.9 Å². The molecule has 0 heterocycles. The highest BCUT2D eigenvalue weighted by atomic mass is 16.7. The topological polar surface area (TPSA) is 18.5 Å². The molecule has 2 heteroatoms. The molecule has 0 aliphatic heterocycles. The monoisotopic (exact) mass is 225 g/mol. The Morgan fingerprint density at radius 2 is 1.94 bits per heavy atom. The number of hydrogen-bond donors (Lipinski definition) is 0. The summed E-state index contributed by atoms with van der Waals surface area (Å²) in [5.74, 6) is 0. The zero-order chi connectivity index (χ0) is 10.3. The minimum Gasteiger partial charge on any atom is -0.476 e. The van der Waals surface area contributed by atoms with Crippen LogP contribution in [0.5, 0.6) is 0 Å². The summed E-state index contributed by atoms with van der Waals surface area (Å²) in [5, 5.41) is 0. The first-order valence-electron chi connectivity index (χ1n) is 5.48. The van der Waals surface area contributed by atoms with E-state index in [9.17, 15) is 0 Å². The van der Waals surface area contributed by atoms with Gasteiger partial charge in [-0.2, -0.15) is 0 Å². The molecule has 1 atom stereocenters. The van der Waals surface area contributed by atoms with Gasteiger partial charge >= 0.3 is 0 Å². The van der Waals surface area contributed by atoms with Gasteiger partial charge in [0.15, 0.2) is 6.79 Å². The van der Waals surface area contributed by atoms with Crippen LogP contribution in [-0.4, -0.2) is 12.4 Å². The van der Waals surface area contributed by atoms with E-state index in [0.29, 0.717) is 6.79 Å². The van der Waals surface area contributed by atoms with Gasteiger partial charge in [0.25, 0.3) is 0 Å². The van der Waals surface area contributed by atoms with Gasteiger partial charge in [0.1, 0.15) is 0 Å². The molecule has 16 heavy (non-hydrogen) atoms. The lowest BCUT2D eigenvalue weighted by molar-refractivity contribution is -0.101. The van der Waals surface area contributed by atoms with Crippen LogP contribution < -0.4 is 0 Å². The molecule has 2 nitrogen and oxygen atoms in total. The standard InChI is InChI=1S/C12H21O2.2CH2/c1-3-13-11-14-12(2)9-7-5-4-6-8-10-12;;/h3,9H,1,4-8,10-11H2,2H3;2*1H2. The van der Waals surface area contributed by atoms with Crippen LogP contribution >= 0.6 is 0 Å². The zero-order valence-corrected chi connectivity index (χ0v) is 10.5. The summed E-state index contributed by atoms with van der Waals surface area (Å²) in [7, 11) is 0. The molecule has 0 aromatic rings. The van der Waals surface area contributed by atoms with Crippen LogP contribution in [0.15, 0.2) is 12.8 Å². The lowest BCUT2D eigenvalue weighted by Crippen LogP contribution is -2.31. The Bertz CT molecular complexity index is 158. The Morgan fingerprint density at radius 1 is 1.25 bits per heavy atom. The highest BCUT2D eigenvalue weighted by molar-refractivity contribution is 4.91. The predicted molar refractivity (Wildman–Crippen MR) is 68.4 cm³/mol. The van der Waals surface area contributed by atoms with Crippen molar-refractivity contribution in [1.82, 2.24) is 0 Å². The van der Waals surface area contributed by atoms with Crippen LogP contribution in [0.2, 0.25) is 0 Å². The van der Waals surface area contributed by atoms with E-state index >= 15 is 0 Å². The molecule has 0 amide bonds. The van der Waals surface area contributed by atoms with Crippen molar-refractivity contribution in [2.75, 3.05) is 6.79 Å². The van der Waals surface area contributed by atoms with Gasteiger partial charge in [-0.3, -0.25) is 0 Å². The molecular weight excluding hydrogens is 200 g/mol. The third-order valence-corrected chi connectivity index (χ3v) is 2.78. The molecule has 0 N–H and O–H groups in total. The van der Waals surface area contributed by atoms with E-state index in [4.69, 9.17) is 9.47 Å². The van der Waals surface area contributed by atoms with Crippen LogP contribution in [0.1, 0.15) is 45.4 Å². The Balaban J connectivity index is 0. The van der Waals surface area contributed by atoms with Crippen LogP contribution in [0, 0.1) is 21.3 Å². The molecule has 1 saturated carbocycles. The van der Waals surface area contributed by atoms with Crippen molar-refractivity contribution >= 4 is 0 Å². The van der Waals surface area contributed by atoms with E-state index in [0.717, 1.165) is 12.8 Å². The third-order valence-electron chi connectivity index (χ3n) is 2.78. The largest absolute Gasteiger partial charge is 0.476 e. The molecule has 1 aliphatic carbocycles. The fourth-order valence-corrected chi connectivity index (χ4v) is 1.83. The third kappa shape index (κ3) is 6.89. The maximum Gasteiger partial charge on any atom is 0.188 e. The molecule has 0 saturated heterocycles. The summed E-state index contributed by atoms with van der Waals surface area (Å²) in [6.07, 6.45) is 11.2. The van der Waals surface area contributed by atoms with Gasteiger partial charge in [-0.1, -0.05) is 47.1 Å². The van der Waals surface area contributed by atoms with Crippen LogP contribution in [-0.2, 0) is 9.47 Å². The summed E-state index contributed by atoms with van der Waals surface area (Å²) in [6, 6.07) is 0. The quantitative estimate of drug-likeness (QED) is 0.407. The van der Waals surface area contributed by atoms with Crippen molar-refractivity contribution in [3.05, 3.63) is 34.1 Å². The lowest BCUT2D eigenvalue weighted by Gasteiger charge is -2.30. The van der Waals surface area contributed by atoms with E-state index in [1.807, 2.05) is 0 Å². The van der Waals surface area contributed by atoms with Crippen molar-refractivity contribution in [1.29, 1.82) is 0 Å². The first-order valence-corrected chi connectivity index (χ1v) is 5.48. The van der Waals surface area contributed by atoms with Crippen molar-refractivity contribution in [3.63, 3.8) is 0 Å². The Morgan fingerprint density at radius 3 is 2.62 bits per heavy atom. The Labute approximate surface area is 102 Å². The molecule has 0 aromatic carbocycles. The summed E-state index contributed by atoms with van der Waals surface area (Å²) < 4.78 is 10.7. The summed E-state index contributed by atoms with van der Waals surface area (Å²) in [5.41, 5.74) is -0.0938. The minimum atomic E-state index is -0.0938. The van der Waals surface area contributed by atoms with Gasteiger partial charge in [0, 0.05) is 0 Å². The van der Waals surface area contributed by atoms with Crippen LogP contribution in [0.25, 0.3) is 0 Å². The maximum atomic E-state index is 5.70. The lowest BCUT2D eigenvalue weighted by atomic mass is 9.88. The van der Waals surface area contributed by atoms with Gasteiger partial charge in [0.05, 0.1) is 11.9 Å². The van der Waals surface area contributed by atoms with Gasteiger partial charge < -0.3 is 9.47 Å². The molecule has 0 bridgehead atoms. The molecule has 93 valence electrons. The van der Waals surface area contributed by atoms with Gasteiger partial charge in [-0.05, 0) is 26.2 Å². The minimum absolute atomic E-state index is 0. The normalized spacial score (nSPS) is 19.3. The zero-order valence-electron chi connectivity index (χ0n) is 10.5. The first-order chi connectivity index (χ1) is 6.77. The molecule has 0 spiro atoms. The second kappa shape index (κ2) is 9.71. The van der Waals surface area contributed by atoms with Gasteiger partial charge in [-0.15, -0.1) is 0 Å². The average molecular weight is 225 g/mol. The SMILES string of the molecule is C=COCOC1(C)[CH]CCCCCC1.[CH2].[CH2]. The van der Waals surface area contributed by atoms with E-state index < -0.39 is 0 Å². The second-order valence-corrected chi connectivity index (χ2v) is 4.07. The number of rotatable bonds is 4. The van der Waals surface area contributed by atoms with Crippen molar-refractivity contribution < 1.29 is 9.47 Å². The smallest absolute Gasteiger partial charge is 0.188 e. The summed E-state index contributed by atoms with van der Waals surface area (Å²) in [6.45, 7) is 5.95. The summed E-state index contributed by atoms with van der Waals surface area (Å²) >= 11 is 0. The van der Waals surface area contributed by atoms with Crippen molar-refractivity contribution in [2.45, 2.75) is 51.0 Å². The summed E-state index contributed by atoms with van der Waals surface area (Å²) in [4.78, 5) is 0. The first kappa shape index (κ1) is 17.9. The molecule has 1 unspecified atom stereocenters. The van der Waals surface area contributed by atoms with Crippen LogP contribution in [0.3, 0.4) is 0 Å². The van der Waals surface area contributed by atoms with Gasteiger partial charge in [-0.25, -0.2) is 0 Å². The number of hydrogen-bond acceptors (Lipinski definition) is 2. The fraction of sp³-hybridized carbons (Fsp3) is 0.643. The Kier molecular flexibility index (Phi) is 10.8. The average Bonchev–Trinajstić information content (AvgIpc) is 2.13. The van der Waals surface area contributed by atoms with Gasteiger partial charge in [0.2, 0.25) is 0 Å². The molecule has 1 fully saturated rings. The molecule has 0 aromatic heterocycles. The highest BCUT2D eigenvalue weighted by Gasteiger charge is 2.25. The van der Waals surface area contributed by atoms with E-state index in [-0.39, 0.29) is 20.5 Å². The van der Waals surface area contributed by atoms with Crippen LogP contribution in [0.4, 0.5) is 0 Å². The Hall–Kier alpha value is -0.500. The molecular formula is C14H25O2. The number of ether oxygens (including phenoxy) is 2. The van der Waals surface area contributed by atoms with Crippen molar-refractivity contribution in [2.24, 2.45) is 0 Å². The second-order valence-electron chi connectivity index (χ2n) is 4.07.